The van der Waals surface area contributed by atoms with Gasteiger partial charge in [-0.25, -0.2) is 4.39 Å². The first-order chi connectivity index (χ1) is 15.5. The van der Waals surface area contributed by atoms with Crippen LogP contribution in [0.3, 0.4) is 0 Å². The first-order valence-corrected chi connectivity index (χ1v) is 10.4. The first kappa shape index (κ1) is 20.3. The van der Waals surface area contributed by atoms with Crippen LogP contribution >= 0.6 is 0 Å². The fourth-order valence-corrected chi connectivity index (χ4v) is 4.10. The number of benzene rings is 3. The molecule has 6 heteroatoms. The van der Waals surface area contributed by atoms with Crippen LogP contribution in [0.4, 0.5) is 4.39 Å². The van der Waals surface area contributed by atoms with Crippen LogP contribution in [0.15, 0.2) is 60.4 Å². The molecule has 2 heterocycles. The number of allylic oxidation sites excluding steroid dienone is 1. The zero-order chi connectivity index (χ0) is 22.2. The normalized spacial score (nSPS) is 16.3. The van der Waals surface area contributed by atoms with E-state index < -0.39 is 5.82 Å². The van der Waals surface area contributed by atoms with Crippen molar-refractivity contribution in [3.8, 4) is 17.2 Å². The minimum Gasteiger partial charge on any atom is -0.497 e. The van der Waals surface area contributed by atoms with Crippen molar-refractivity contribution in [3.63, 3.8) is 0 Å². The zero-order valence-electron chi connectivity index (χ0n) is 17.9. The van der Waals surface area contributed by atoms with Crippen molar-refractivity contribution in [1.29, 1.82) is 0 Å². The fourth-order valence-electron chi connectivity index (χ4n) is 4.10. The molecule has 0 radical (unpaired) electrons. The van der Waals surface area contributed by atoms with E-state index >= 15 is 0 Å². The van der Waals surface area contributed by atoms with Gasteiger partial charge in [-0.3, -0.25) is 9.69 Å². The topological polar surface area (TPSA) is 48.0 Å². The fraction of sp³-hybridized carbons (Fsp3) is 0.192. The molecule has 0 bridgehead atoms. The maximum Gasteiger partial charge on any atom is 0.232 e. The molecule has 5 rings (SSSR count). The maximum atomic E-state index is 14.1. The maximum absolute atomic E-state index is 14.1. The molecular formula is C26H22FNO4. The van der Waals surface area contributed by atoms with Crippen LogP contribution in [0.25, 0.3) is 6.08 Å². The predicted octanol–water partition coefficient (Wildman–Crippen LogP) is 5.11. The highest BCUT2D eigenvalue weighted by Gasteiger charge is 2.35. The van der Waals surface area contributed by atoms with Crippen molar-refractivity contribution in [2.75, 3.05) is 13.8 Å². The summed E-state index contributed by atoms with van der Waals surface area (Å²) < 4.78 is 31.3. The van der Waals surface area contributed by atoms with Gasteiger partial charge in [-0.15, -0.1) is 0 Å². The quantitative estimate of drug-likeness (QED) is 0.537. The summed E-state index contributed by atoms with van der Waals surface area (Å²) in [7, 11) is 1.64. The summed E-state index contributed by atoms with van der Waals surface area (Å²) in [6, 6.07) is 16.1. The number of fused-ring (bicyclic) bond motifs is 3. The molecule has 0 unspecified atom stereocenters. The monoisotopic (exact) mass is 431 g/mol. The molecular weight excluding hydrogens is 409 g/mol. The second kappa shape index (κ2) is 8.13. The average Bonchev–Trinajstić information content (AvgIpc) is 3.13. The number of Topliss-reactive ketones (excluding diaryl/α,β-unsaturated/α-hetero) is 1. The van der Waals surface area contributed by atoms with Crippen molar-refractivity contribution < 1.29 is 23.4 Å². The Morgan fingerprint density at radius 2 is 1.94 bits per heavy atom. The van der Waals surface area contributed by atoms with E-state index in [2.05, 4.69) is 4.90 Å². The second-order valence-electron chi connectivity index (χ2n) is 7.94. The molecule has 0 N–H and O–H groups in total. The Morgan fingerprint density at radius 1 is 1.16 bits per heavy atom. The van der Waals surface area contributed by atoms with E-state index in [1.54, 1.807) is 25.3 Å². The minimum absolute atomic E-state index is 0.119. The molecule has 0 fully saturated rings. The smallest absolute Gasteiger partial charge is 0.232 e. The third-order valence-electron chi connectivity index (χ3n) is 5.74. The summed E-state index contributed by atoms with van der Waals surface area (Å²) in [6.07, 6.45) is 1.46. The standard InChI is InChI=1S/C26H22FNO4/c1-16-11-22-20(14-28(15-31-22)13-17-7-9-19(30-2)10-8-17)26-24(16)25(29)23(32-26)12-18-5-3-4-6-21(18)27/h3-12H,13-15H2,1-2H3/b23-12-. The van der Waals surface area contributed by atoms with Crippen molar-refractivity contribution in [2.24, 2.45) is 0 Å². The number of carbonyl (C=O) groups excluding carboxylic acids is 1. The minimum atomic E-state index is -0.403. The second-order valence-corrected chi connectivity index (χ2v) is 7.94. The summed E-state index contributed by atoms with van der Waals surface area (Å²) in [5, 5.41) is 0. The number of hydrogen-bond donors (Lipinski definition) is 0. The molecule has 0 spiro atoms. The number of hydrogen-bond acceptors (Lipinski definition) is 5. The predicted molar refractivity (Wildman–Crippen MR) is 118 cm³/mol. The van der Waals surface area contributed by atoms with E-state index in [0.29, 0.717) is 42.4 Å². The van der Waals surface area contributed by atoms with Crippen LogP contribution in [0.1, 0.15) is 32.6 Å². The van der Waals surface area contributed by atoms with Gasteiger partial charge in [0.1, 0.15) is 29.8 Å². The number of methoxy groups -OCH3 is 1. The van der Waals surface area contributed by atoms with Gasteiger partial charge >= 0.3 is 0 Å². The van der Waals surface area contributed by atoms with Gasteiger partial charge in [0.2, 0.25) is 5.78 Å². The zero-order valence-corrected chi connectivity index (χ0v) is 17.9. The molecule has 0 aromatic heterocycles. The Morgan fingerprint density at radius 3 is 2.69 bits per heavy atom. The lowest BCUT2D eigenvalue weighted by atomic mass is 9.98. The summed E-state index contributed by atoms with van der Waals surface area (Å²) in [5.74, 6) is 1.51. The number of nitrogens with zero attached hydrogens (tertiary/aromatic N) is 1. The lowest BCUT2D eigenvalue weighted by Gasteiger charge is -2.30. The number of ketones is 1. The van der Waals surface area contributed by atoms with E-state index in [4.69, 9.17) is 14.2 Å². The largest absolute Gasteiger partial charge is 0.497 e. The van der Waals surface area contributed by atoms with Crippen LogP contribution in [0.5, 0.6) is 17.2 Å². The van der Waals surface area contributed by atoms with Crippen LogP contribution in [-0.4, -0.2) is 24.5 Å². The SMILES string of the molecule is COc1ccc(CN2COc3cc(C)c4c(c3C2)O/C(=C\c2ccccc2F)C4=O)cc1. The van der Waals surface area contributed by atoms with E-state index in [0.717, 1.165) is 22.4 Å². The third-order valence-corrected chi connectivity index (χ3v) is 5.74. The van der Waals surface area contributed by atoms with Gasteiger partial charge in [-0.05, 0) is 48.4 Å². The highest BCUT2D eigenvalue weighted by molar-refractivity contribution is 6.15. The lowest BCUT2D eigenvalue weighted by molar-refractivity contribution is 0.0872. The van der Waals surface area contributed by atoms with Crippen LogP contribution < -0.4 is 14.2 Å². The summed E-state index contributed by atoms with van der Waals surface area (Å²) >= 11 is 0. The molecule has 3 aromatic rings. The molecule has 0 aliphatic carbocycles. The molecule has 5 nitrogen and oxygen atoms in total. The van der Waals surface area contributed by atoms with E-state index in [-0.39, 0.29) is 11.5 Å². The molecule has 0 saturated carbocycles. The molecule has 0 amide bonds. The van der Waals surface area contributed by atoms with E-state index in [1.807, 2.05) is 37.3 Å². The Hall–Kier alpha value is -3.64. The van der Waals surface area contributed by atoms with Gasteiger partial charge in [-0.1, -0.05) is 30.3 Å². The highest BCUT2D eigenvalue weighted by atomic mass is 19.1. The van der Waals surface area contributed by atoms with Gasteiger partial charge in [0.25, 0.3) is 0 Å². The number of aryl methyl sites for hydroxylation is 1. The highest BCUT2D eigenvalue weighted by Crippen LogP contribution is 2.44. The lowest BCUT2D eigenvalue weighted by Crippen LogP contribution is -2.31. The van der Waals surface area contributed by atoms with Gasteiger partial charge < -0.3 is 14.2 Å². The van der Waals surface area contributed by atoms with E-state index in [9.17, 15) is 9.18 Å². The summed E-state index contributed by atoms with van der Waals surface area (Å²) in [6.45, 7) is 3.55. The van der Waals surface area contributed by atoms with Crippen molar-refractivity contribution in [3.05, 3.63) is 94.0 Å². The molecule has 32 heavy (non-hydrogen) atoms. The van der Waals surface area contributed by atoms with Gasteiger partial charge in [0.15, 0.2) is 5.76 Å². The van der Waals surface area contributed by atoms with Gasteiger partial charge in [-0.2, -0.15) is 0 Å². The Labute approximate surface area is 185 Å². The number of rotatable bonds is 4. The van der Waals surface area contributed by atoms with Crippen LogP contribution in [0.2, 0.25) is 0 Å². The molecule has 2 aliphatic heterocycles. The summed E-state index contributed by atoms with van der Waals surface area (Å²) in [4.78, 5) is 15.2. The van der Waals surface area contributed by atoms with Crippen molar-refractivity contribution in [2.45, 2.75) is 20.0 Å². The number of halogens is 1. The van der Waals surface area contributed by atoms with Crippen LogP contribution in [0, 0.1) is 12.7 Å². The van der Waals surface area contributed by atoms with Gasteiger partial charge in [0, 0.05) is 18.7 Å². The molecule has 2 aliphatic rings. The first-order valence-electron chi connectivity index (χ1n) is 10.4. The third kappa shape index (κ3) is 3.63. The van der Waals surface area contributed by atoms with Gasteiger partial charge in [0.05, 0.1) is 18.2 Å². The number of carbonyl (C=O) groups is 1. The Kier molecular flexibility index (Phi) is 5.15. The molecule has 0 atom stereocenters. The number of ether oxygens (including phenoxy) is 3. The molecule has 3 aromatic carbocycles. The molecule has 162 valence electrons. The van der Waals surface area contributed by atoms with Crippen molar-refractivity contribution in [1.82, 2.24) is 4.90 Å². The average molecular weight is 431 g/mol. The molecule has 0 saturated heterocycles. The Bertz CT molecular complexity index is 1230. The van der Waals surface area contributed by atoms with Crippen LogP contribution in [-0.2, 0) is 13.1 Å². The van der Waals surface area contributed by atoms with Crippen molar-refractivity contribution >= 4 is 11.9 Å². The van der Waals surface area contributed by atoms with E-state index in [1.165, 1.54) is 12.1 Å². The summed E-state index contributed by atoms with van der Waals surface area (Å²) in [5.41, 5.74) is 3.56. The Balaban J connectivity index is 1.44.